The molecule has 0 fully saturated rings. The molecule has 0 aliphatic rings. The molecular formula is C14H16N2O3. The number of ether oxygens (including phenoxy) is 1. The maximum Gasteiger partial charge on any atom is 0.301 e. The van der Waals surface area contributed by atoms with Gasteiger partial charge in [-0.3, -0.25) is 10.2 Å². The fourth-order valence-corrected chi connectivity index (χ4v) is 1.75. The van der Waals surface area contributed by atoms with Gasteiger partial charge >= 0.3 is 5.91 Å². The highest BCUT2D eigenvalue weighted by Gasteiger charge is 2.15. The number of hydrazine groups is 1. The molecular weight excluding hydrogens is 244 g/mol. The van der Waals surface area contributed by atoms with Crippen LogP contribution in [0.3, 0.4) is 0 Å². The number of carbonyl (C=O) groups excluding carboxylic acids is 1. The molecule has 0 aliphatic heterocycles. The summed E-state index contributed by atoms with van der Waals surface area (Å²) in [5.41, 5.74) is 3.79. The summed E-state index contributed by atoms with van der Waals surface area (Å²) in [5.74, 6) is 4.80. The van der Waals surface area contributed by atoms with Gasteiger partial charge in [0.2, 0.25) is 0 Å². The summed E-state index contributed by atoms with van der Waals surface area (Å²) >= 11 is 0. The summed E-state index contributed by atoms with van der Waals surface area (Å²) in [6, 6.07) is 11.6. The van der Waals surface area contributed by atoms with Crippen molar-refractivity contribution in [1.82, 2.24) is 5.43 Å². The van der Waals surface area contributed by atoms with E-state index >= 15 is 0 Å². The number of nitrogens with two attached hydrogens (primary N) is 1. The van der Waals surface area contributed by atoms with E-state index in [4.69, 9.17) is 15.0 Å². The first-order valence-electron chi connectivity index (χ1n) is 5.96. The summed E-state index contributed by atoms with van der Waals surface area (Å²) < 4.78 is 10.8. The first-order chi connectivity index (χ1) is 9.22. The van der Waals surface area contributed by atoms with Crippen molar-refractivity contribution in [2.45, 2.75) is 19.6 Å². The standard InChI is InChI=1S/C14H16N2O3/c1-10(11-5-3-2-4-6-11)19-9-12-7-8-18-13(12)14(17)16-15/h2-8,10H,9,15H2,1H3,(H,16,17). The Morgan fingerprint density at radius 2 is 2.11 bits per heavy atom. The van der Waals surface area contributed by atoms with E-state index in [0.717, 1.165) is 5.56 Å². The summed E-state index contributed by atoms with van der Waals surface area (Å²) in [7, 11) is 0. The molecule has 0 radical (unpaired) electrons. The predicted molar refractivity (Wildman–Crippen MR) is 70.0 cm³/mol. The molecule has 0 aliphatic carbocycles. The topological polar surface area (TPSA) is 77.5 Å². The van der Waals surface area contributed by atoms with Crippen molar-refractivity contribution in [3.05, 3.63) is 59.5 Å². The SMILES string of the molecule is CC(OCc1ccoc1C(=O)NN)c1ccccc1. The van der Waals surface area contributed by atoms with Gasteiger partial charge in [-0.05, 0) is 18.6 Å². The Morgan fingerprint density at radius 3 is 2.79 bits per heavy atom. The number of hydrogen-bond donors (Lipinski definition) is 2. The van der Waals surface area contributed by atoms with Crippen LogP contribution in [-0.4, -0.2) is 5.91 Å². The van der Waals surface area contributed by atoms with Crippen LogP contribution in [0.15, 0.2) is 47.1 Å². The Kier molecular flexibility index (Phi) is 4.33. The van der Waals surface area contributed by atoms with Gasteiger partial charge in [0.25, 0.3) is 0 Å². The molecule has 1 atom stereocenters. The lowest BCUT2D eigenvalue weighted by Gasteiger charge is -2.13. The molecule has 2 rings (SSSR count). The Hall–Kier alpha value is -2.11. The van der Waals surface area contributed by atoms with Crippen LogP contribution in [0.5, 0.6) is 0 Å². The predicted octanol–water partition coefficient (Wildman–Crippen LogP) is 2.16. The van der Waals surface area contributed by atoms with Gasteiger partial charge in [-0.15, -0.1) is 0 Å². The van der Waals surface area contributed by atoms with Gasteiger partial charge < -0.3 is 9.15 Å². The first-order valence-corrected chi connectivity index (χ1v) is 5.96. The van der Waals surface area contributed by atoms with Gasteiger partial charge in [-0.1, -0.05) is 30.3 Å². The third-order valence-electron chi connectivity index (χ3n) is 2.84. The second kappa shape index (κ2) is 6.17. The average molecular weight is 260 g/mol. The van der Waals surface area contributed by atoms with Crippen molar-refractivity contribution in [2.24, 2.45) is 5.84 Å². The van der Waals surface area contributed by atoms with E-state index in [9.17, 15) is 4.79 Å². The Bertz CT molecular complexity index is 537. The molecule has 5 nitrogen and oxygen atoms in total. The van der Waals surface area contributed by atoms with Crippen LogP contribution in [-0.2, 0) is 11.3 Å². The van der Waals surface area contributed by atoms with Gasteiger partial charge in [0.15, 0.2) is 5.76 Å². The minimum absolute atomic E-state index is 0.0649. The molecule has 100 valence electrons. The number of nitrogens with one attached hydrogen (secondary N) is 1. The van der Waals surface area contributed by atoms with E-state index in [1.54, 1.807) is 6.07 Å². The third-order valence-corrected chi connectivity index (χ3v) is 2.84. The van der Waals surface area contributed by atoms with E-state index in [1.165, 1.54) is 6.26 Å². The maximum absolute atomic E-state index is 11.4. The Morgan fingerprint density at radius 1 is 1.37 bits per heavy atom. The fraction of sp³-hybridized carbons (Fsp3) is 0.214. The third kappa shape index (κ3) is 3.21. The van der Waals surface area contributed by atoms with Crippen LogP contribution in [0, 0.1) is 0 Å². The van der Waals surface area contributed by atoms with E-state index in [-0.39, 0.29) is 18.5 Å². The summed E-state index contributed by atoms with van der Waals surface area (Å²) in [4.78, 5) is 11.4. The number of hydrogen-bond acceptors (Lipinski definition) is 4. The van der Waals surface area contributed by atoms with E-state index in [2.05, 4.69) is 0 Å². The summed E-state index contributed by atoms with van der Waals surface area (Å²) in [6.07, 6.45) is 1.38. The fourth-order valence-electron chi connectivity index (χ4n) is 1.75. The van der Waals surface area contributed by atoms with Gasteiger partial charge in [-0.2, -0.15) is 0 Å². The van der Waals surface area contributed by atoms with Crippen molar-refractivity contribution in [2.75, 3.05) is 0 Å². The van der Waals surface area contributed by atoms with Crippen LogP contribution < -0.4 is 11.3 Å². The molecule has 0 spiro atoms. The van der Waals surface area contributed by atoms with E-state index < -0.39 is 5.91 Å². The lowest BCUT2D eigenvalue weighted by molar-refractivity contribution is 0.0512. The van der Waals surface area contributed by atoms with Crippen LogP contribution in [0.4, 0.5) is 0 Å². The zero-order valence-electron chi connectivity index (χ0n) is 10.6. The van der Waals surface area contributed by atoms with Crippen molar-refractivity contribution >= 4 is 5.91 Å². The Balaban J connectivity index is 2.00. The van der Waals surface area contributed by atoms with E-state index in [1.807, 2.05) is 42.7 Å². The largest absolute Gasteiger partial charge is 0.459 e. The Labute approximate surface area is 111 Å². The van der Waals surface area contributed by atoms with Crippen molar-refractivity contribution in [1.29, 1.82) is 0 Å². The van der Waals surface area contributed by atoms with Gasteiger partial charge in [0, 0.05) is 5.56 Å². The van der Waals surface area contributed by atoms with Gasteiger partial charge in [0.05, 0.1) is 19.0 Å². The highest BCUT2D eigenvalue weighted by atomic mass is 16.5. The molecule has 3 N–H and O–H groups in total. The van der Waals surface area contributed by atoms with Crippen LogP contribution in [0.2, 0.25) is 0 Å². The zero-order valence-corrected chi connectivity index (χ0v) is 10.6. The molecule has 1 aromatic heterocycles. The normalized spacial score (nSPS) is 12.1. The molecule has 1 amide bonds. The number of amides is 1. The van der Waals surface area contributed by atoms with Crippen molar-refractivity contribution < 1.29 is 13.9 Å². The smallest absolute Gasteiger partial charge is 0.301 e. The average Bonchev–Trinajstić information content (AvgIpc) is 2.93. The minimum atomic E-state index is -0.462. The molecule has 1 unspecified atom stereocenters. The summed E-state index contributed by atoms with van der Waals surface area (Å²) in [6.45, 7) is 2.24. The van der Waals surface area contributed by atoms with Gasteiger partial charge in [0.1, 0.15) is 0 Å². The second-order valence-corrected chi connectivity index (χ2v) is 4.11. The lowest BCUT2D eigenvalue weighted by Crippen LogP contribution is -2.30. The zero-order chi connectivity index (χ0) is 13.7. The highest BCUT2D eigenvalue weighted by molar-refractivity contribution is 5.92. The molecule has 1 heterocycles. The molecule has 19 heavy (non-hydrogen) atoms. The van der Waals surface area contributed by atoms with Gasteiger partial charge in [-0.25, -0.2) is 5.84 Å². The van der Waals surface area contributed by atoms with Crippen LogP contribution in [0.25, 0.3) is 0 Å². The summed E-state index contributed by atoms with van der Waals surface area (Å²) in [5, 5.41) is 0. The molecule has 2 aromatic rings. The molecule has 5 heteroatoms. The first kappa shape index (κ1) is 13.3. The quantitative estimate of drug-likeness (QED) is 0.490. The van der Waals surface area contributed by atoms with Crippen LogP contribution >= 0.6 is 0 Å². The highest BCUT2D eigenvalue weighted by Crippen LogP contribution is 2.20. The number of benzene rings is 1. The molecule has 0 saturated carbocycles. The second-order valence-electron chi connectivity index (χ2n) is 4.11. The number of rotatable bonds is 5. The molecule has 0 saturated heterocycles. The molecule has 1 aromatic carbocycles. The lowest BCUT2D eigenvalue weighted by atomic mass is 10.1. The van der Waals surface area contributed by atoms with E-state index in [0.29, 0.717) is 5.56 Å². The minimum Gasteiger partial charge on any atom is -0.459 e. The maximum atomic E-state index is 11.4. The van der Waals surface area contributed by atoms with Crippen molar-refractivity contribution in [3.8, 4) is 0 Å². The number of furan rings is 1. The number of carbonyl (C=O) groups is 1. The monoisotopic (exact) mass is 260 g/mol. The number of nitrogen functional groups attached to an aromatic ring is 1. The van der Waals surface area contributed by atoms with Crippen molar-refractivity contribution in [3.63, 3.8) is 0 Å². The van der Waals surface area contributed by atoms with Crippen LogP contribution in [0.1, 0.15) is 34.7 Å². The molecule has 0 bridgehead atoms.